The van der Waals surface area contributed by atoms with Crippen molar-refractivity contribution in [1.82, 2.24) is 0 Å². The molecule has 1 amide bonds. The summed E-state index contributed by atoms with van der Waals surface area (Å²) in [5, 5.41) is 12.2. The molecule has 0 saturated heterocycles. The number of benzene rings is 2. The maximum absolute atomic E-state index is 11.3. The van der Waals surface area contributed by atoms with Gasteiger partial charge in [-0.05, 0) is 29.8 Å². The van der Waals surface area contributed by atoms with Crippen LogP contribution in [-0.2, 0) is 4.79 Å². The van der Waals surface area contributed by atoms with Crippen LogP contribution in [0.5, 0.6) is 0 Å². The molecule has 0 bridgehead atoms. The molecule has 0 fully saturated rings. The molecule has 102 valence electrons. The van der Waals surface area contributed by atoms with Gasteiger partial charge in [-0.1, -0.05) is 30.3 Å². The van der Waals surface area contributed by atoms with Gasteiger partial charge in [0, 0.05) is 11.3 Å². The zero-order valence-electron chi connectivity index (χ0n) is 10.6. The summed E-state index contributed by atoms with van der Waals surface area (Å²) in [6.45, 7) is 0. The summed E-state index contributed by atoms with van der Waals surface area (Å²) >= 11 is 0. The lowest BCUT2D eigenvalue weighted by atomic mass is 10.1. The first-order valence-corrected chi connectivity index (χ1v) is 6.02. The molecule has 0 heterocycles. The highest BCUT2D eigenvalue weighted by molar-refractivity contribution is 5.93. The molecule has 4 N–H and O–H groups in total. The fourth-order valence-electron chi connectivity index (χ4n) is 1.83. The van der Waals surface area contributed by atoms with Crippen LogP contribution in [0.1, 0.15) is 22.0 Å². The Bertz CT molecular complexity index is 609. The van der Waals surface area contributed by atoms with Crippen molar-refractivity contribution in [3.63, 3.8) is 0 Å². The lowest BCUT2D eigenvalue weighted by Crippen LogP contribution is -2.20. The zero-order valence-corrected chi connectivity index (χ0v) is 10.6. The number of carboxylic acids is 1. The van der Waals surface area contributed by atoms with E-state index in [0.29, 0.717) is 16.8 Å². The van der Waals surface area contributed by atoms with E-state index in [0.717, 1.165) is 0 Å². The van der Waals surface area contributed by atoms with Crippen molar-refractivity contribution < 1.29 is 14.7 Å². The topological polar surface area (TPSA) is 92.4 Å². The fourth-order valence-corrected chi connectivity index (χ4v) is 1.83. The van der Waals surface area contributed by atoms with Gasteiger partial charge in [-0.3, -0.25) is 4.79 Å². The Morgan fingerprint density at radius 1 is 1.00 bits per heavy atom. The van der Waals surface area contributed by atoms with Crippen LogP contribution >= 0.6 is 0 Å². The lowest BCUT2D eigenvalue weighted by Gasteiger charge is -2.16. The van der Waals surface area contributed by atoms with Gasteiger partial charge in [0.25, 0.3) is 0 Å². The van der Waals surface area contributed by atoms with E-state index in [2.05, 4.69) is 5.32 Å². The standard InChI is InChI=1S/C15H14N2O3/c16-14(18)11-6-8-12(9-7-11)17-13(15(19)20)10-4-2-1-3-5-10/h1-9,13,17H,(H2,16,18)(H,19,20). The number of carbonyl (C=O) groups excluding carboxylic acids is 1. The van der Waals surface area contributed by atoms with Gasteiger partial charge >= 0.3 is 5.97 Å². The first-order valence-electron chi connectivity index (χ1n) is 6.02. The van der Waals surface area contributed by atoms with Crippen LogP contribution in [0.4, 0.5) is 5.69 Å². The van der Waals surface area contributed by atoms with E-state index in [-0.39, 0.29) is 0 Å². The molecule has 2 aromatic carbocycles. The summed E-state index contributed by atoms with van der Waals surface area (Å²) in [6.07, 6.45) is 0. The van der Waals surface area contributed by atoms with E-state index in [1.165, 1.54) is 0 Å². The number of hydrogen-bond acceptors (Lipinski definition) is 3. The molecule has 0 aliphatic rings. The predicted molar refractivity (Wildman–Crippen MR) is 75.4 cm³/mol. The Balaban J connectivity index is 2.21. The molecule has 0 aliphatic heterocycles. The Labute approximate surface area is 116 Å². The fraction of sp³-hybridized carbons (Fsp3) is 0.0667. The summed E-state index contributed by atoms with van der Waals surface area (Å²) in [5.74, 6) is -1.50. The molecular weight excluding hydrogens is 256 g/mol. The number of amides is 1. The average molecular weight is 270 g/mol. The normalized spacial score (nSPS) is 11.6. The minimum atomic E-state index is -0.977. The Kier molecular flexibility index (Phi) is 4.00. The quantitative estimate of drug-likeness (QED) is 0.775. The highest BCUT2D eigenvalue weighted by Crippen LogP contribution is 2.20. The van der Waals surface area contributed by atoms with Gasteiger partial charge in [0.2, 0.25) is 5.91 Å². The minimum absolute atomic E-state index is 0.377. The second-order valence-electron chi connectivity index (χ2n) is 4.27. The average Bonchev–Trinajstić information content (AvgIpc) is 2.46. The van der Waals surface area contributed by atoms with Crippen molar-refractivity contribution >= 4 is 17.6 Å². The molecule has 5 nitrogen and oxygen atoms in total. The summed E-state index contributed by atoms with van der Waals surface area (Å²) in [6, 6.07) is 14.4. The monoisotopic (exact) mass is 270 g/mol. The van der Waals surface area contributed by atoms with Gasteiger partial charge < -0.3 is 16.2 Å². The van der Waals surface area contributed by atoms with Crippen molar-refractivity contribution in [2.75, 3.05) is 5.32 Å². The molecule has 0 aliphatic carbocycles. The number of nitrogens with one attached hydrogen (secondary N) is 1. The maximum atomic E-state index is 11.3. The third-order valence-electron chi connectivity index (χ3n) is 2.86. The first kappa shape index (κ1) is 13.6. The molecule has 1 unspecified atom stereocenters. The van der Waals surface area contributed by atoms with E-state index >= 15 is 0 Å². The molecule has 0 radical (unpaired) electrons. The van der Waals surface area contributed by atoms with Crippen molar-refractivity contribution in [2.24, 2.45) is 5.73 Å². The number of nitrogens with two attached hydrogens (primary N) is 1. The third-order valence-corrected chi connectivity index (χ3v) is 2.86. The number of rotatable bonds is 5. The SMILES string of the molecule is NC(=O)c1ccc(NC(C(=O)O)c2ccccc2)cc1. The van der Waals surface area contributed by atoms with Crippen LogP contribution in [-0.4, -0.2) is 17.0 Å². The summed E-state index contributed by atoms with van der Waals surface area (Å²) in [4.78, 5) is 22.3. The molecular formula is C15H14N2O3. The van der Waals surface area contributed by atoms with E-state index in [9.17, 15) is 14.7 Å². The van der Waals surface area contributed by atoms with Crippen LogP contribution in [0, 0.1) is 0 Å². The number of hydrogen-bond donors (Lipinski definition) is 3. The van der Waals surface area contributed by atoms with Gasteiger partial charge in [-0.2, -0.15) is 0 Å². The zero-order chi connectivity index (χ0) is 14.5. The van der Waals surface area contributed by atoms with E-state index in [1.54, 1.807) is 48.5 Å². The van der Waals surface area contributed by atoms with Gasteiger partial charge in [0.1, 0.15) is 0 Å². The Morgan fingerprint density at radius 3 is 2.10 bits per heavy atom. The van der Waals surface area contributed by atoms with Gasteiger partial charge in [-0.15, -0.1) is 0 Å². The highest BCUT2D eigenvalue weighted by atomic mass is 16.4. The number of carbonyl (C=O) groups is 2. The number of primary amides is 1. The van der Waals surface area contributed by atoms with Crippen LogP contribution in [0.2, 0.25) is 0 Å². The molecule has 20 heavy (non-hydrogen) atoms. The van der Waals surface area contributed by atoms with Crippen molar-refractivity contribution in [1.29, 1.82) is 0 Å². The largest absolute Gasteiger partial charge is 0.479 e. The maximum Gasteiger partial charge on any atom is 0.330 e. The molecule has 1 atom stereocenters. The first-order chi connectivity index (χ1) is 9.58. The minimum Gasteiger partial charge on any atom is -0.479 e. The Morgan fingerprint density at radius 2 is 1.60 bits per heavy atom. The van der Waals surface area contributed by atoms with Crippen LogP contribution in [0.3, 0.4) is 0 Å². The second-order valence-corrected chi connectivity index (χ2v) is 4.27. The second kappa shape index (κ2) is 5.88. The smallest absolute Gasteiger partial charge is 0.330 e. The van der Waals surface area contributed by atoms with E-state index in [1.807, 2.05) is 6.07 Å². The van der Waals surface area contributed by atoms with Crippen LogP contribution in [0.15, 0.2) is 54.6 Å². The van der Waals surface area contributed by atoms with Crippen LogP contribution < -0.4 is 11.1 Å². The summed E-state index contributed by atoms with van der Waals surface area (Å²) in [5.41, 5.74) is 6.78. The molecule has 2 rings (SSSR count). The summed E-state index contributed by atoms with van der Waals surface area (Å²) in [7, 11) is 0. The molecule has 0 aromatic heterocycles. The van der Waals surface area contributed by atoms with Gasteiger partial charge in [-0.25, -0.2) is 4.79 Å². The van der Waals surface area contributed by atoms with Gasteiger partial charge in [0.15, 0.2) is 6.04 Å². The predicted octanol–water partition coefficient (Wildman–Crippen LogP) is 2.02. The summed E-state index contributed by atoms with van der Waals surface area (Å²) < 4.78 is 0. The van der Waals surface area contributed by atoms with E-state index < -0.39 is 17.9 Å². The number of carboxylic acid groups (broad SMARTS) is 1. The highest BCUT2D eigenvalue weighted by Gasteiger charge is 2.19. The molecule has 0 saturated carbocycles. The van der Waals surface area contributed by atoms with Crippen molar-refractivity contribution in [3.05, 3.63) is 65.7 Å². The van der Waals surface area contributed by atoms with Gasteiger partial charge in [0.05, 0.1) is 0 Å². The third kappa shape index (κ3) is 3.14. The van der Waals surface area contributed by atoms with Crippen LogP contribution in [0.25, 0.3) is 0 Å². The Hall–Kier alpha value is -2.82. The number of anilines is 1. The van der Waals surface area contributed by atoms with E-state index in [4.69, 9.17) is 5.73 Å². The lowest BCUT2D eigenvalue weighted by molar-refractivity contribution is -0.138. The number of aliphatic carboxylic acids is 1. The van der Waals surface area contributed by atoms with Crippen molar-refractivity contribution in [2.45, 2.75) is 6.04 Å². The molecule has 2 aromatic rings. The molecule has 5 heteroatoms. The van der Waals surface area contributed by atoms with Crippen molar-refractivity contribution in [3.8, 4) is 0 Å². The molecule has 0 spiro atoms.